The van der Waals surface area contributed by atoms with Crippen molar-refractivity contribution < 1.29 is 4.79 Å². The standard InChI is InChI=1S/C10H18N2OS/c1-3-4-6(2)9-8-7(5-14-9)11-10(13)12-8/h6-9H,3-5H2,1-2H3,(H2,11,12,13). The summed E-state index contributed by atoms with van der Waals surface area (Å²) in [6.45, 7) is 4.52. The molecule has 0 aliphatic carbocycles. The maximum absolute atomic E-state index is 11.2. The molecule has 2 saturated heterocycles. The summed E-state index contributed by atoms with van der Waals surface area (Å²) in [6, 6.07) is 0.764. The molecule has 2 fully saturated rings. The molecule has 0 spiro atoms. The first-order chi connectivity index (χ1) is 6.72. The van der Waals surface area contributed by atoms with Gasteiger partial charge in [-0.25, -0.2) is 4.79 Å². The van der Waals surface area contributed by atoms with Gasteiger partial charge >= 0.3 is 6.03 Å². The van der Waals surface area contributed by atoms with Crippen LogP contribution in [0.1, 0.15) is 26.7 Å². The van der Waals surface area contributed by atoms with Crippen LogP contribution in [0.25, 0.3) is 0 Å². The number of fused-ring (bicyclic) bond motifs is 1. The van der Waals surface area contributed by atoms with Crippen molar-refractivity contribution in [2.75, 3.05) is 5.75 Å². The summed E-state index contributed by atoms with van der Waals surface area (Å²) in [5.41, 5.74) is 0. The Labute approximate surface area is 89.4 Å². The fraction of sp³-hybridized carbons (Fsp3) is 0.900. The zero-order valence-electron chi connectivity index (χ0n) is 8.75. The molecular weight excluding hydrogens is 196 g/mol. The highest BCUT2D eigenvalue weighted by molar-refractivity contribution is 8.00. The first-order valence-electron chi connectivity index (χ1n) is 5.41. The smallest absolute Gasteiger partial charge is 0.315 e. The minimum atomic E-state index is 0.0222. The summed E-state index contributed by atoms with van der Waals surface area (Å²) in [5, 5.41) is 6.62. The third-order valence-corrected chi connectivity index (χ3v) is 4.87. The summed E-state index contributed by atoms with van der Waals surface area (Å²) >= 11 is 2.01. The first kappa shape index (κ1) is 10.1. The Balaban J connectivity index is 1.97. The lowest BCUT2D eigenvalue weighted by Gasteiger charge is -2.23. The van der Waals surface area contributed by atoms with Crippen LogP contribution in [0.4, 0.5) is 4.79 Å². The third kappa shape index (κ3) is 1.72. The molecule has 0 radical (unpaired) electrons. The van der Waals surface area contributed by atoms with E-state index in [1.807, 2.05) is 11.8 Å². The Kier molecular flexibility index (Phi) is 2.91. The first-order valence-corrected chi connectivity index (χ1v) is 6.46. The molecule has 4 heteroatoms. The molecule has 0 aromatic heterocycles. The third-order valence-electron chi connectivity index (χ3n) is 3.17. The molecule has 0 aromatic carbocycles. The fourth-order valence-corrected chi connectivity index (χ4v) is 4.11. The summed E-state index contributed by atoms with van der Waals surface area (Å²) in [6.07, 6.45) is 2.49. The highest BCUT2D eigenvalue weighted by Crippen LogP contribution is 2.36. The molecule has 2 amide bonds. The van der Waals surface area contributed by atoms with E-state index in [-0.39, 0.29) is 6.03 Å². The quantitative estimate of drug-likeness (QED) is 0.700. The minimum Gasteiger partial charge on any atom is -0.332 e. The normalized spacial score (nSPS) is 37.6. The van der Waals surface area contributed by atoms with E-state index in [9.17, 15) is 4.79 Å². The van der Waals surface area contributed by atoms with Gasteiger partial charge in [0.25, 0.3) is 0 Å². The van der Waals surface area contributed by atoms with Gasteiger partial charge < -0.3 is 10.6 Å². The van der Waals surface area contributed by atoms with Crippen molar-refractivity contribution in [1.29, 1.82) is 0 Å². The number of amides is 2. The van der Waals surface area contributed by atoms with Crippen molar-refractivity contribution in [2.24, 2.45) is 5.92 Å². The summed E-state index contributed by atoms with van der Waals surface area (Å²) in [7, 11) is 0. The van der Waals surface area contributed by atoms with Gasteiger partial charge in [0, 0.05) is 11.0 Å². The zero-order chi connectivity index (χ0) is 10.1. The van der Waals surface area contributed by atoms with Gasteiger partial charge in [0.1, 0.15) is 0 Å². The van der Waals surface area contributed by atoms with E-state index in [4.69, 9.17) is 0 Å². The summed E-state index contributed by atoms with van der Waals surface area (Å²) in [5.74, 6) is 1.78. The highest BCUT2D eigenvalue weighted by atomic mass is 32.2. The van der Waals surface area contributed by atoms with E-state index < -0.39 is 0 Å². The molecule has 4 atom stereocenters. The van der Waals surface area contributed by atoms with Crippen LogP contribution in [0.15, 0.2) is 0 Å². The summed E-state index contributed by atoms with van der Waals surface area (Å²) < 4.78 is 0. The maximum atomic E-state index is 11.2. The molecule has 4 unspecified atom stereocenters. The Morgan fingerprint density at radius 2 is 2.36 bits per heavy atom. The van der Waals surface area contributed by atoms with Gasteiger partial charge in [0.15, 0.2) is 0 Å². The molecular formula is C10H18N2OS. The van der Waals surface area contributed by atoms with Crippen LogP contribution in [0.2, 0.25) is 0 Å². The zero-order valence-corrected chi connectivity index (χ0v) is 9.56. The van der Waals surface area contributed by atoms with E-state index in [0.717, 1.165) is 5.75 Å². The second-order valence-corrected chi connectivity index (χ2v) is 5.52. The van der Waals surface area contributed by atoms with Gasteiger partial charge in [-0.1, -0.05) is 20.3 Å². The van der Waals surface area contributed by atoms with Crippen molar-refractivity contribution in [3.8, 4) is 0 Å². The lowest BCUT2D eigenvalue weighted by molar-refractivity contribution is 0.246. The van der Waals surface area contributed by atoms with Crippen LogP contribution in [0.5, 0.6) is 0 Å². The SMILES string of the molecule is CCCC(C)C1SCC2NC(=O)NC21. The van der Waals surface area contributed by atoms with E-state index >= 15 is 0 Å². The Hall–Kier alpha value is -0.380. The lowest BCUT2D eigenvalue weighted by atomic mass is 9.94. The van der Waals surface area contributed by atoms with E-state index in [1.165, 1.54) is 12.8 Å². The van der Waals surface area contributed by atoms with Crippen molar-refractivity contribution in [3.63, 3.8) is 0 Å². The minimum absolute atomic E-state index is 0.0222. The molecule has 2 aliphatic rings. The Morgan fingerprint density at radius 1 is 1.57 bits per heavy atom. The van der Waals surface area contributed by atoms with Crippen molar-refractivity contribution >= 4 is 17.8 Å². The van der Waals surface area contributed by atoms with Crippen LogP contribution in [0.3, 0.4) is 0 Å². The van der Waals surface area contributed by atoms with Gasteiger partial charge in [-0.15, -0.1) is 0 Å². The molecule has 2 rings (SSSR count). The highest BCUT2D eigenvalue weighted by Gasteiger charge is 2.44. The monoisotopic (exact) mass is 214 g/mol. The van der Waals surface area contributed by atoms with Crippen molar-refractivity contribution in [1.82, 2.24) is 10.6 Å². The molecule has 2 heterocycles. The average Bonchev–Trinajstić information content (AvgIpc) is 2.62. The number of hydrogen-bond acceptors (Lipinski definition) is 2. The van der Waals surface area contributed by atoms with Crippen LogP contribution in [-0.4, -0.2) is 29.1 Å². The number of carbonyl (C=O) groups is 1. The van der Waals surface area contributed by atoms with Gasteiger partial charge in [-0.05, 0) is 12.3 Å². The van der Waals surface area contributed by atoms with Crippen molar-refractivity contribution in [2.45, 2.75) is 44.0 Å². The Bertz CT molecular complexity index is 234. The fourth-order valence-electron chi connectivity index (χ4n) is 2.46. The topological polar surface area (TPSA) is 41.1 Å². The van der Waals surface area contributed by atoms with Gasteiger partial charge in [0.2, 0.25) is 0 Å². The molecule has 14 heavy (non-hydrogen) atoms. The van der Waals surface area contributed by atoms with E-state index in [0.29, 0.717) is 23.3 Å². The maximum Gasteiger partial charge on any atom is 0.315 e. The molecule has 80 valence electrons. The summed E-state index contributed by atoms with van der Waals surface area (Å²) in [4.78, 5) is 11.2. The van der Waals surface area contributed by atoms with Gasteiger partial charge in [-0.2, -0.15) is 11.8 Å². The largest absolute Gasteiger partial charge is 0.332 e. The molecule has 0 saturated carbocycles. The van der Waals surface area contributed by atoms with E-state index in [1.54, 1.807) is 0 Å². The van der Waals surface area contributed by atoms with Gasteiger partial charge in [0.05, 0.1) is 12.1 Å². The number of nitrogens with one attached hydrogen (secondary N) is 2. The predicted molar refractivity (Wildman–Crippen MR) is 59.6 cm³/mol. The Morgan fingerprint density at radius 3 is 3.07 bits per heavy atom. The number of rotatable bonds is 3. The number of hydrogen-bond donors (Lipinski definition) is 2. The van der Waals surface area contributed by atoms with Crippen molar-refractivity contribution in [3.05, 3.63) is 0 Å². The number of urea groups is 1. The van der Waals surface area contributed by atoms with Gasteiger partial charge in [-0.3, -0.25) is 0 Å². The molecule has 2 N–H and O–H groups in total. The van der Waals surface area contributed by atoms with E-state index in [2.05, 4.69) is 24.5 Å². The van der Waals surface area contributed by atoms with Crippen LogP contribution in [-0.2, 0) is 0 Å². The second kappa shape index (κ2) is 4.01. The average molecular weight is 214 g/mol. The van der Waals surface area contributed by atoms with Crippen LogP contribution >= 0.6 is 11.8 Å². The number of thioether (sulfide) groups is 1. The molecule has 0 bridgehead atoms. The van der Waals surface area contributed by atoms with Crippen LogP contribution in [0, 0.1) is 5.92 Å². The molecule has 0 aromatic rings. The predicted octanol–water partition coefficient (Wildman–Crippen LogP) is 1.59. The second-order valence-electron chi connectivity index (χ2n) is 4.31. The lowest BCUT2D eigenvalue weighted by Crippen LogP contribution is -2.39. The number of carbonyl (C=O) groups excluding carboxylic acids is 1. The molecule has 3 nitrogen and oxygen atoms in total. The molecule has 2 aliphatic heterocycles. The van der Waals surface area contributed by atoms with Crippen LogP contribution < -0.4 is 10.6 Å².